The normalized spacial score (nSPS) is 12.2. The highest BCUT2D eigenvalue weighted by Gasteiger charge is 2.04. The zero-order valence-corrected chi connectivity index (χ0v) is 14.4. The van der Waals surface area contributed by atoms with E-state index in [0.29, 0.717) is 5.84 Å². The van der Waals surface area contributed by atoms with E-state index in [2.05, 4.69) is 66.5 Å². The van der Waals surface area contributed by atoms with E-state index < -0.39 is 0 Å². The molecule has 0 aliphatic heterocycles. The number of aliphatic imine (C=N–C) groups is 1. The number of allylic oxidation sites excluding steroid dienone is 1. The summed E-state index contributed by atoms with van der Waals surface area (Å²) in [7, 11) is 0. The van der Waals surface area contributed by atoms with Gasteiger partial charge in [0, 0.05) is 5.56 Å². The molecule has 0 aliphatic carbocycles. The fourth-order valence-corrected chi connectivity index (χ4v) is 2.69. The van der Waals surface area contributed by atoms with Gasteiger partial charge in [-0.2, -0.15) is 0 Å². The fraction of sp³-hybridized carbons (Fsp3) is 0.0870. The summed E-state index contributed by atoms with van der Waals surface area (Å²) in [6.45, 7) is 2.10. The lowest BCUT2D eigenvalue weighted by Crippen LogP contribution is -2.13. The van der Waals surface area contributed by atoms with Gasteiger partial charge in [-0.1, -0.05) is 97.9 Å². The zero-order chi connectivity index (χ0) is 17.5. The molecule has 3 rings (SSSR count). The average Bonchev–Trinajstić information content (AvgIpc) is 2.69. The highest BCUT2D eigenvalue weighted by atomic mass is 14.9. The Labute approximate surface area is 149 Å². The molecule has 0 amide bonds. The van der Waals surface area contributed by atoms with Crippen molar-refractivity contribution in [3.05, 3.63) is 102 Å². The second-order valence-electron chi connectivity index (χ2n) is 5.80. The van der Waals surface area contributed by atoms with Gasteiger partial charge in [-0.15, -0.1) is 0 Å². The van der Waals surface area contributed by atoms with E-state index in [1.165, 1.54) is 11.1 Å². The van der Waals surface area contributed by atoms with E-state index in [9.17, 15) is 0 Å². The maximum atomic E-state index is 6.19. The first-order chi connectivity index (χ1) is 12.3. The summed E-state index contributed by atoms with van der Waals surface area (Å²) < 4.78 is 0. The van der Waals surface area contributed by atoms with Crippen molar-refractivity contribution < 1.29 is 0 Å². The summed E-state index contributed by atoms with van der Waals surface area (Å²) in [5.41, 5.74) is 11.5. The lowest BCUT2D eigenvalue weighted by atomic mass is 10.0. The van der Waals surface area contributed by atoms with Crippen molar-refractivity contribution in [3.63, 3.8) is 0 Å². The molecule has 3 aromatic carbocycles. The van der Waals surface area contributed by atoms with E-state index in [1.54, 1.807) is 0 Å². The molecule has 0 bridgehead atoms. The predicted molar refractivity (Wildman–Crippen MR) is 107 cm³/mol. The van der Waals surface area contributed by atoms with E-state index >= 15 is 0 Å². The first-order valence-electron chi connectivity index (χ1n) is 8.53. The van der Waals surface area contributed by atoms with Crippen molar-refractivity contribution in [2.24, 2.45) is 10.7 Å². The van der Waals surface area contributed by atoms with Crippen LogP contribution in [0.3, 0.4) is 0 Å². The van der Waals surface area contributed by atoms with Gasteiger partial charge >= 0.3 is 0 Å². The smallest absolute Gasteiger partial charge is 0.131 e. The molecule has 124 valence electrons. The number of amidine groups is 1. The summed E-state index contributed by atoms with van der Waals surface area (Å²) in [5.74, 6) is 0.535. The molecular formula is C23H22N2. The van der Waals surface area contributed by atoms with E-state index in [1.807, 2.05) is 36.4 Å². The van der Waals surface area contributed by atoms with Crippen molar-refractivity contribution in [3.8, 4) is 11.1 Å². The molecule has 0 fully saturated rings. The van der Waals surface area contributed by atoms with Gasteiger partial charge in [0.2, 0.25) is 0 Å². The maximum Gasteiger partial charge on any atom is 0.131 e. The minimum Gasteiger partial charge on any atom is -0.383 e. The number of hydrogen-bond acceptors (Lipinski definition) is 1. The summed E-state index contributed by atoms with van der Waals surface area (Å²) in [6.07, 6.45) is 3.01. The monoisotopic (exact) mass is 326 g/mol. The zero-order valence-electron chi connectivity index (χ0n) is 14.4. The molecule has 0 unspecified atom stereocenters. The van der Waals surface area contributed by atoms with Gasteiger partial charge < -0.3 is 5.73 Å². The van der Waals surface area contributed by atoms with Crippen molar-refractivity contribution in [1.29, 1.82) is 0 Å². The molecule has 0 aromatic heterocycles. The third-order valence-electron chi connectivity index (χ3n) is 4.00. The first-order valence-corrected chi connectivity index (χ1v) is 8.53. The third kappa shape index (κ3) is 4.24. The van der Waals surface area contributed by atoms with Crippen LogP contribution in [0.1, 0.15) is 24.5 Å². The van der Waals surface area contributed by atoms with E-state index in [-0.39, 0.29) is 0 Å². The van der Waals surface area contributed by atoms with Crippen molar-refractivity contribution >= 4 is 11.5 Å². The van der Waals surface area contributed by atoms with Gasteiger partial charge in [-0.05, 0) is 23.1 Å². The van der Waals surface area contributed by atoms with Crippen molar-refractivity contribution in [1.82, 2.24) is 0 Å². The lowest BCUT2D eigenvalue weighted by molar-refractivity contribution is 1.21. The molecule has 0 spiro atoms. The molecule has 25 heavy (non-hydrogen) atoms. The number of nitrogens with zero attached hydrogens (tertiary/aromatic N) is 1. The molecule has 0 saturated carbocycles. The Hall–Kier alpha value is -3.13. The summed E-state index contributed by atoms with van der Waals surface area (Å²) in [4.78, 5) is 4.66. The summed E-state index contributed by atoms with van der Waals surface area (Å²) in [6, 6.07) is 28.7. The van der Waals surface area contributed by atoms with Crippen LogP contribution in [0.15, 0.2) is 96.0 Å². The molecule has 0 saturated heterocycles. The Morgan fingerprint density at radius 2 is 1.32 bits per heavy atom. The number of rotatable bonds is 5. The Morgan fingerprint density at radius 3 is 1.92 bits per heavy atom. The largest absolute Gasteiger partial charge is 0.383 e. The minimum atomic E-state index is 0.535. The molecule has 0 heterocycles. The Balaban J connectivity index is 1.90. The van der Waals surface area contributed by atoms with Crippen LogP contribution < -0.4 is 5.73 Å². The molecule has 3 aromatic rings. The van der Waals surface area contributed by atoms with Crippen LogP contribution in [0, 0.1) is 0 Å². The van der Waals surface area contributed by atoms with Gasteiger partial charge in [0.05, 0.1) is 5.70 Å². The second kappa shape index (κ2) is 8.11. The number of nitrogens with two attached hydrogens (primary N) is 1. The SMILES string of the molecule is CC/C=C(\N=C(N)c1ccccc1)c1ccc(-c2ccccc2)cc1. The molecule has 2 N–H and O–H groups in total. The highest BCUT2D eigenvalue weighted by molar-refractivity contribution is 6.00. The average molecular weight is 326 g/mol. The van der Waals surface area contributed by atoms with Gasteiger partial charge in [0.15, 0.2) is 0 Å². The number of benzene rings is 3. The predicted octanol–water partition coefficient (Wildman–Crippen LogP) is 5.51. The van der Waals surface area contributed by atoms with Crippen LogP contribution in [-0.4, -0.2) is 5.84 Å². The molecule has 0 atom stereocenters. The first kappa shape index (κ1) is 16.7. The quantitative estimate of drug-likeness (QED) is 0.487. The highest BCUT2D eigenvalue weighted by Crippen LogP contribution is 2.23. The Bertz CT molecular complexity index is 861. The van der Waals surface area contributed by atoms with Gasteiger partial charge in [-0.3, -0.25) is 0 Å². The third-order valence-corrected chi connectivity index (χ3v) is 4.00. The van der Waals surface area contributed by atoms with Gasteiger partial charge in [0.25, 0.3) is 0 Å². The van der Waals surface area contributed by atoms with E-state index in [0.717, 1.165) is 23.2 Å². The van der Waals surface area contributed by atoms with Crippen molar-refractivity contribution in [2.75, 3.05) is 0 Å². The number of hydrogen-bond donors (Lipinski definition) is 1. The Morgan fingerprint density at radius 1 is 0.760 bits per heavy atom. The standard InChI is InChI=1S/C23H22N2/c1-2-9-22(25-23(24)21-12-7-4-8-13-21)20-16-14-19(15-17-20)18-10-5-3-6-11-18/h3-17H,2H2,1H3,(H2,24,25)/b22-9-. The molecule has 0 radical (unpaired) electrons. The molecule has 0 aliphatic rings. The molecule has 2 nitrogen and oxygen atoms in total. The van der Waals surface area contributed by atoms with Crippen molar-refractivity contribution in [2.45, 2.75) is 13.3 Å². The van der Waals surface area contributed by atoms with Crippen LogP contribution in [0.5, 0.6) is 0 Å². The molecular weight excluding hydrogens is 304 g/mol. The lowest BCUT2D eigenvalue weighted by Gasteiger charge is -2.07. The Kier molecular flexibility index (Phi) is 5.43. The van der Waals surface area contributed by atoms with Gasteiger partial charge in [-0.25, -0.2) is 4.99 Å². The second-order valence-corrected chi connectivity index (χ2v) is 5.80. The van der Waals surface area contributed by atoms with Crippen LogP contribution >= 0.6 is 0 Å². The fourth-order valence-electron chi connectivity index (χ4n) is 2.69. The van der Waals surface area contributed by atoms with Crippen LogP contribution in [0.2, 0.25) is 0 Å². The van der Waals surface area contributed by atoms with Crippen LogP contribution in [0.25, 0.3) is 16.8 Å². The van der Waals surface area contributed by atoms with Crippen LogP contribution in [-0.2, 0) is 0 Å². The summed E-state index contributed by atoms with van der Waals surface area (Å²) in [5, 5.41) is 0. The van der Waals surface area contributed by atoms with Gasteiger partial charge in [0.1, 0.15) is 5.84 Å². The van der Waals surface area contributed by atoms with Crippen LogP contribution in [0.4, 0.5) is 0 Å². The molecule has 2 heteroatoms. The van der Waals surface area contributed by atoms with E-state index in [4.69, 9.17) is 5.73 Å². The minimum absolute atomic E-state index is 0.535. The topological polar surface area (TPSA) is 38.4 Å². The maximum absolute atomic E-state index is 6.19. The summed E-state index contributed by atoms with van der Waals surface area (Å²) >= 11 is 0.